The van der Waals surface area contributed by atoms with Gasteiger partial charge in [0.25, 0.3) is 0 Å². The number of hydrogen-bond donors (Lipinski definition) is 1. The van der Waals surface area contributed by atoms with Crippen molar-refractivity contribution >= 4 is 18.0 Å². The predicted molar refractivity (Wildman–Crippen MR) is 74.0 cm³/mol. The highest BCUT2D eigenvalue weighted by atomic mass is 19.1. The van der Waals surface area contributed by atoms with Gasteiger partial charge in [-0.1, -0.05) is 18.2 Å². The summed E-state index contributed by atoms with van der Waals surface area (Å²) in [7, 11) is 0. The molecule has 0 unspecified atom stereocenters. The van der Waals surface area contributed by atoms with Crippen LogP contribution in [0.1, 0.15) is 12.0 Å². The Morgan fingerprint density at radius 1 is 1.43 bits per heavy atom. The molecule has 0 aromatic heterocycles. The Hall–Kier alpha value is -2.21. The predicted octanol–water partition coefficient (Wildman–Crippen LogP) is 1.54. The van der Waals surface area contributed by atoms with E-state index in [4.69, 9.17) is 9.84 Å². The van der Waals surface area contributed by atoms with Crippen LogP contribution in [0.25, 0.3) is 6.08 Å². The first-order valence-electron chi connectivity index (χ1n) is 6.61. The SMILES string of the molecule is O=C(O)C[C@H]1CN(C(=O)/C=C\c2ccccc2F)CCO1. The Balaban J connectivity index is 1.96. The largest absolute Gasteiger partial charge is 0.481 e. The summed E-state index contributed by atoms with van der Waals surface area (Å²) in [5, 5.41) is 8.73. The standard InChI is InChI=1S/C15H16FNO4/c16-13-4-2-1-3-11(13)5-6-14(18)17-7-8-21-12(10-17)9-15(19)20/h1-6,12H,7-10H2,(H,19,20)/b6-5-/t12-/m0/s1. The molecule has 0 radical (unpaired) electrons. The van der Waals surface area contributed by atoms with Gasteiger partial charge in [-0.3, -0.25) is 9.59 Å². The summed E-state index contributed by atoms with van der Waals surface area (Å²) < 4.78 is 18.7. The Kier molecular flexibility index (Phi) is 5.05. The first kappa shape index (κ1) is 15.2. The van der Waals surface area contributed by atoms with Gasteiger partial charge in [0.2, 0.25) is 5.91 Å². The third-order valence-electron chi connectivity index (χ3n) is 3.16. The zero-order valence-electron chi connectivity index (χ0n) is 11.4. The van der Waals surface area contributed by atoms with E-state index in [1.807, 2.05) is 0 Å². The minimum atomic E-state index is -0.962. The zero-order chi connectivity index (χ0) is 15.2. The zero-order valence-corrected chi connectivity index (χ0v) is 11.4. The van der Waals surface area contributed by atoms with Crippen LogP contribution >= 0.6 is 0 Å². The summed E-state index contributed by atoms with van der Waals surface area (Å²) in [4.78, 5) is 24.2. The highest BCUT2D eigenvalue weighted by Crippen LogP contribution is 2.11. The molecule has 1 aliphatic heterocycles. The highest BCUT2D eigenvalue weighted by molar-refractivity contribution is 5.91. The van der Waals surface area contributed by atoms with Crippen LogP contribution in [0.5, 0.6) is 0 Å². The number of morpholine rings is 1. The fraction of sp³-hybridized carbons (Fsp3) is 0.333. The number of aliphatic carboxylic acids is 1. The summed E-state index contributed by atoms with van der Waals surface area (Å²) >= 11 is 0. The van der Waals surface area contributed by atoms with Crippen molar-refractivity contribution in [3.8, 4) is 0 Å². The second-order valence-corrected chi connectivity index (χ2v) is 4.73. The molecule has 6 heteroatoms. The van der Waals surface area contributed by atoms with Crippen LogP contribution < -0.4 is 0 Å². The minimum absolute atomic E-state index is 0.138. The molecule has 1 atom stereocenters. The topological polar surface area (TPSA) is 66.8 Å². The van der Waals surface area contributed by atoms with Crippen molar-refractivity contribution in [3.05, 3.63) is 41.7 Å². The van der Waals surface area contributed by atoms with Gasteiger partial charge in [-0.2, -0.15) is 0 Å². The number of amides is 1. The minimum Gasteiger partial charge on any atom is -0.481 e. The number of halogens is 1. The maximum atomic E-state index is 13.4. The number of nitrogens with zero attached hydrogens (tertiary/aromatic N) is 1. The number of hydrogen-bond acceptors (Lipinski definition) is 3. The van der Waals surface area contributed by atoms with Gasteiger partial charge in [0.05, 0.1) is 19.1 Å². The Morgan fingerprint density at radius 2 is 2.19 bits per heavy atom. The molecule has 1 N–H and O–H groups in total. The van der Waals surface area contributed by atoms with E-state index in [0.717, 1.165) is 0 Å². The fourth-order valence-electron chi connectivity index (χ4n) is 2.11. The summed E-state index contributed by atoms with van der Waals surface area (Å²) in [6.45, 7) is 0.931. The second-order valence-electron chi connectivity index (χ2n) is 4.73. The molecule has 1 aliphatic rings. The van der Waals surface area contributed by atoms with E-state index in [2.05, 4.69) is 0 Å². The molecule has 0 saturated carbocycles. The van der Waals surface area contributed by atoms with Gasteiger partial charge in [-0.25, -0.2) is 4.39 Å². The normalized spacial score (nSPS) is 18.9. The van der Waals surface area contributed by atoms with Crippen molar-refractivity contribution < 1.29 is 23.8 Å². The van der Waals surface area contributed by atoms with Gasteiger partial charge in [-0.15, -0.1) is 0 Å². The molecular weight excluding hydrogens is 277 g/mol. The van der Waals surface area contributed by atoms with Gasteiger partial charge < -0.3 is 14.7 Å². The molecule has 112 valence electrons. The van der Waals surface area contributed by atoms with Crippen molar-refractivity contribution in [1.29, 1.82) is 0 Å². The molecule has 21 heavy (non-hydrogen) atoms. The number of rotatable bonds is 4. The molecule has 0 spiro atoms. The van der Waals surface area contributed by atoms with Gasteiger partial charge >= 0.3 is 5.97 Å². The molecule has 1 saturated heterocycles. The lowest BCUT2D eigenvalue weighted by Gasteiger charge is -2.31. The monoisotopic (exact) mass is 293 g/mol. The first-order chi connectivity index (χ1) is 10.1. The van der Waals surface area contributed by atoms with E-state index < -0.39 is 17.9 Å². The van der Waals surface area contributed by atoms with E-state index in [0.29, 0.717) is 18.7 Å². The first-order valence-corrected chi connectivity index (χ1v) is 6.61. The maximum absolute atomic E-state index is 13.4. The average molecular weight is 293 g/mol. The Bertz CT molecular complexity index is 558. The van der Waals surface area contributed by atoms with Gasteiger partial charge in [-0.05, 0) is 12.1 Å². The number of carboxylic acids is 1. The Labute approximate surface area is 121 Å². The van der Waals surface area contributed by atoms with Crippen LogP contribution in [-0.2, 0) is 14.3 Å². The summed E-state index contributed by atoms with van der Waals surface area (Å²) in [6, 6.07) is 6.16. The summed E-state index contributed by atoms with van der Waals surface area (Å²) in [6.07, 6.45) is 2.07. The van der Waals surface area contributed by atoms with Gasteiger partial charge in [0, 0.05) is 24.7 Å². The number of carbonyl (C=O) groups excluding carboxylic acids is 1. The van der Waals surface area contributed by atoms with Crippen molar-refractivity contribution in [3.63, 3.8) is 0 Å². The lowest BCUT2D eigenvalue weighted by molar-refractivity contribution is -0.145. The molecule has 2 rings (SSSR count). The molecular formula is C15H16FNO4. The number of carbonyl (C=O) groups is 2. The van der Waals surface area contributed by atoms with Crippen molar-refractivity contribution in [2.45, 2.75) is 12.5 Å². The van der Waals surface area contributed by atoms with Crippen LogP contribution in [0.2, 0.25) is 0 Å². The molecule has 1 amide bonds. The Morgan fingerprint density at radius 3 is 2.90 bits per heavy atom. The lowest BCUT2D eigenvalue weighted by atomic mass is 10.2. The van der Waals surface area contributed by atoms with Crippen LogP contribution in [-0.4, -0.2) is 47.7 Å². The third kappa shape index (κ3) is 4.39. The summed E-state index contributed by atoms with van der Waals surface area (Å²) in [5.41, 5.74) is 0.334. The van der Waals surface area contributed by atoms with E-state index in [9.17, 15) is 14.0 Å². The maximum Gasteiger partial charge on any atom is 0.306 e. The number of benzene rings is 1. The molecule has 1 heterocycles. The highest BCUT2D eigenvalue weighted by Gasteiger charge is 2.24. The molecule has 1 aromatic carbocycles. The molecule has 1 aromatic rings. The lowest BCUT2D eigenvalue weighted by Crippen LogP contribution is -2.45. The second kappa shape index (κ2) is 6.99. The van der Waals surface area contributed by atoms with Crippen LogP contribution in [0.15, 0.2) is 30.3 Å². The number of carboxylic acid groups (broad SMARTS) is 1. The quantitative estimate of drug-likeness (QED) is 0.855. The molecule has 0 aliphatic carbocycles. The van der Waals surface area contributed by atoms with Crippen molar-refractivity contribution in [1.82, 2.24) is 4.90 Å². The van der Waals surface area contributed by atoms with E-state index in [-0.39, 0.29) is 18.9 Å². The van der Waals surface area contributed by atoms with Crippen LogP contribution in [0, 0.1) is 5.82 Å². The molecule has 5 nitrogen and oxygen atoms in total. The summed E-state index contributed by atoms with van der Waals surface area (Å²) in [5.74, 6) is -1.64. The van der Waals surface area contributed by atoms with Crippen LogP contribution in [0.3, 0.4) is 0 Å². The van der Waals surface area contributed by atoms with Crippen molar-refractivity contribution in [2.75, 3.05) is 19.7 Å². The van der Waals surface area contributed by atoms with Crippen molar-refractivity contribution in [2.24, 2.45) is 0 Å². The number of ether oxygens (including phenoxy) is 1. The van der Waals surface area contributed by atoms with Gasteiger partial charge in [0.15, 0.2) is 0 Å². The molecule has 1 fully saturated rings. The van der Waals surface area contributed by atoms with E-state index in [1.54, 1.807) is 18.2 Å². The van der Waals surface area contributed by atoms with E-state index >= 15 is 0 Å². The van der Waals surface area contributed by atoms with Gasteiger partial charge in [0.1, 0.15) is 5.82 Å². The molecule has 0 bridgehead atoms. The average Bonchev–Trinajstić information content (AvgIpc) is 2.45. The third-order valence-corrected chi connectivity index (χ3v) is 3.16. The van der Waals surface area contributed by atoms with E-state index in [1.165, 1.54) is 23.1 Å². The fourth-order valence-corrected chi connectivity index (χ4v) is 2.11. The smallest absolute Gasteiger partial charge is 0.306 e. The van der Waals surface area contributed by atoms with Crippen LogP contribution in [0.4, 0.5) is 4.39 Å².